The van der Waals surface area contributed by atoms with Gasteiger partial charge in [-0.3, -0.25) is 9.69 Å². The Kier molecular flexibility index (Phi) is 4.74. The molecule has 2 N–H and O–H groups in total. The molecule has 2 aromatic rings. The van der Waals surface area contributed by atoms with Crippen LogP contribution in [0.25, 0.3) is 10.9 Å². The summed E-state index contributed by atoms with van der Waals surface area (Å²) in [7, 11) is 2.13. The number of hydrogen-bond acceptors (Lipinski definition) is 4. The van der Waals surface area contributed by atoms with Gasteiger partial charge in [0.2, 0.25) is 0 Å². The van der Waals surface area contributed by atoms with E-state index in [1.807, 2.05) is 11.8 Å². The average Bonchev–Trinajstić information content (AvgIpc) is 3.20. The lowest BCUT2D eigenvalue weighted by molar-refractivity contribution is 0.0512. The van der Waals surface area contributed by atoms with Crippen LogP contribution in [-0.2, 0) is 0 Å². The molecule has 0 spiro atoms. The van der Waals surface area contributed by atoms with Crippen molar-refractivity contribution in [1.82, 2.24) is 19.7 Å². The molecule has 1 amide bonds. The molecular weight excluding hydrogens is 340 g/mol. The number of carbonyl (C=O) groups excluding carboxylic acids is 1. The number of likely N-dealkylation sites (N-methyl/N-ethyl adjacent to an activating group) is 1. The number of H-pyrrole nitrogens is 1. The molecule has 27 heavy (non-hydrogen) atoms. The number of piperazine rings is 1. The predicted molar refractivity (Wildman–Crippen MR) is 107 cm³/mol. The van der Waals surface area contributed by atoms with Crippen LogP contribution < -0.4 is 0 Å². The number of nitrogens with one attached hydrogen (secondary N) is 1. The van der Waals surface area contributed by atoms with E-state index in [1.54, 1.807) is 0 Å². The van der Waals surface area contributed by atoms with Gasteiger partial charge in [-0.15, -0.1) is 0 Å². The van der Waals surface area contributed by atoms with E-state index < -0.39 is 6.10 Å². The van der Waals surface area contributed by atoms with E-state index in [4.69, 9.17) is 0 Å². The van der Waals surface area contributed by atoms with Crippen molar-refractivity contribution in [2.75, 3.05) is 46.3 Å². The van der Waals surface area contributed by atoms with Gasteiger partial charge in [-0.25, -0.2) is 0 Å². The van der Waals surface area contributed by atoms with Crippen LogP contribution in [0.2, 0.25) is 0 Å². The molecule has 6 heteroatoms. The summed E-state index contributed by atoms with van der Waals surface area (Å²) < 4.78 is 0. The molecule has 2 atom stereocenters. The number of aliphatic hydroxyl groups is 1. The zero-order chi connectivity index (χ0) is 19.3. The van der Waals surface area contributed by atoms with Crippen LogP contribution in [0.4, 0.5) is 0 Å². The van der Waals surface area contributed by atoms with Gasteiger partial charge in [-0.2, -0.15) is 0 Å². The summed E-state index contributed by atoms with van der Waals surface area (Å²) >= 11 is 0. The van der Waals surface area contributed by atoms with E-state index in [-0.39, 0.29) is 11.9 Å². The number of aryl methyl sites for hydroxylation is 3. The van der Waals surface area contributed by atoms with Crippen LogP contribution in [0.5, 0.6) is 0 Å². The number of aliphatic hydroxyl groups excluding tert-OH is 1. The number of nitrogens with zero attached hydrogens (tertiary/aromatic N) is 3. The van der Waals surface area contributed by atoms with Gasteiger partial charge in [0, 0.05) is 50.2 Å². The third kappa shape index (κ3) is 3.16. The quantitative estimate of drug-likeness (QED) is 0.842. The molecule has 0 unspecified atom stereocenters. The Bertz CT molecular complexity index is 867. The second-order valence-corrected chi connectivity index (χ2v) is 8.26. The molecule has 146 valence electrons. The number of β-amino-alcohol motifs (C(OH)–C–C–N with tert-alkyl or cyclic N) is 1. The minimum atomic E-state index is -0.481. The zero-order valence-corrected chi connectivity index (χ0v) is 16.7. The fraction of sp³-hybridized carbons (Fsp3) is 0.571. The van der Waals surface area contributed by atoms with Crippen molar-refractivity contribution < 1.29 is 9.90 Å². The smallest absolute Gasteiger partial charge is 0.270 e. The molecule has 2 aliphatic rings. The van der Waals surface area contributed by atoms with Crippen molar-refractivity contribution in [2.45, 2.75) is 32.9 Å². The van der Waals surface area contributed by atoms with Gasteiger partial charge in [-0.05, 0) is 44.5 Å². The molecule has 1 aromatic carbocycles. The van der Waals surface area contributed by atoms with Gasteiger partial charge in [0.05, 0.1) is 12.1 Å². The number of fused-ring (bicyclic) bond motifs is 1. The summed E-state index contributed by atoms with van der Waals surface area (Å²) in [5, 5.41) is 11.8. The molecule has 0 saturated carbocycles. The van der Waals surface area contributed by atoms with E-state index >= 15 is 0 Å². The third-order valence-electron chi connectivity index (χ3n) is 6.39. The lowest BCUT2D eigenvalue weighted by Crippen LogP contribution is -2.52. The number of aromatic amines is 1. The molecule has 4 rings (SSSR count). The van der Waals surface area contributed by atoms with Gasteiger partial charge < -0.3 is 19.9 Å². The minimum Gasteiger partial charge on any atom is -0.390 e. The normalized spacial score (nSPS) is 24.9. The van der Waals surface area contributed by atoms with Gasteiger partial charge >= 0.3 is 0 Å². The molecule has 6 nitrogen and oxygen atoms in total. The summed E-state index contributed by atoms with van der Waals surface area (Å²) in [5.41, 5.74) is 5.04. The molecular formula is C21H30N4O2. The number of benzene rings is 1. The van der Waals surface area contributed by atoms with Gasteiger partial charge in [-0.1, -0.05) is 12.1 Å². The Morgan fingerprint density at radius 3 is 2.41 bits per heavy atom. The lowest BCUT2D eigenvalue weighted by atomic mass is 10.0. The first-order valence-corrected chi connectivity index (χ1v) is 9.85. The Morgan fingerprint density at radius 2 is 1.74 bits per heavy atom. The van der Waals surface area contributed by atoms with Crippen molar-refractivity contribution in [3.05, 3.63) is 34.5 Å². The SMILES string of the molecule is Cc1ccc(C)c2c(C)c(C(=O)N3C[C@@H](O)[C@H](N4CCN(C)CC4)C3)[nH]c12. The fourth-order valence-electron chi connectivity index (χ4n) is 4.62. The highest BCUT2D eigenvalue weighted by molar-refractivity contribution is 6.02. The number of carbonyl (C=O) groups is 1. The van der Waals surface area contributed by atoms with E-state index in [0.717, 1.165) is 48.2 Å². The maximum atomic E-state index is 13.2. The number of aromatic nitrogens is 1. The first kappa shape index (κ1) is 18.5. The molecule has 0 bridgehead atoms. The van der Waals surface area contributed by atoms with Crippen molar-refractivity contribution in [3.63, 3.8) is 0 Å². The first-order chi connectivity index (χ1) is 12.9. The van der Waals surface area contributed by atoms with E-state index in [1.165, 1.54) is 5.56 Å². The van der Waals surface area contributed by atoms with Crippen LogP contribution >= 0.6 is 0 Å². The number of amides is 1. The van der Waals surface area contributed by atoms with Crippen LogP contribution in [-0.4, -0.2) is 89.2 Å². The van der Waals surface area contributed by atoms with Crippen LogP contribution in [0.1, 0.15) is 27.2 Å². The maximum absolute atomic E-state index is 13.2. The average molecular weight is 370 g/mol. The number of likely N-dealkylation sites (tertiary alicyclic amines) is 1. The second-order valence-electron chi connectivity index (χ2n) is 8.26. The van der Waals surface area contributed by atoms with Crippen LogP contribution in [0.15, 0.2) is 12.1 Å². The molecule has 0 aliphatic carbocycles. The highest BCUT2D eigenvalue weighted by Crippen LogP contribution is 2.29. The topological polar surface area (TPSA) is 62.8 Å². The summed E-state index contributed by atoms with van der Waals surface area (Å²) in [4.78, 5) is 23.1. The summed E-state index contributed by atoms with van der Waals surface area (Å²) in [5.74, 6) is -0.00169. The van der Waals surface area contributed by atoms with Crippen molar-refractivity contribution in [3.8, 4) is 0 Å². The predicted octanol–water partition coefficient (Wildman–Crippen LogP) is 1.53. The zero-order valence-electron chi connectivity index (χ0n) is 16.7. The third-order valence-corrected chi connectivity index (χ3v) is 6.39. The molecule has 3 heterocycles. The minimum absolute atomic E-state index is 0.00169. The highest BCUT2D eigenvalue weighted by Gasteiger charge is 2.39. The van der Waals surface area contributed by atoms with Crippen LogP contribution in [0.3, 0.4) is 0 Å². The van der Waals surface area contributed by atoms with Crippen molar-refractivity contribution in [1.29, 1.82) is 0 Å². The summed E-state index contributed by atoms with van der Waals surface area (Å²) in [6, 6.07) is 4.23. The number of hydrogen-bond donors (Lipinski definition) is 2. The summed E-state index contributed by atoms with van der Waals surface area (Å²) in [6.45, 7) is 11.1. The molecule has 2 aliphatic heterocycles. The van der Waals surface area contributed by atoms with Crippen molar-refractivity contribution >= 4 is 16.8 Å². The Hall–Kier alpha value is -1.89. The van der Waals surface area contributed by atoms with E-state index in [0.29, 0.717) is 18.8 Å². The van der Waals surface area contributed by atoms with E-state index in [9.17, 15) is 9.90 Å². The fourth-order valence-corrected chi connectivity index (χ4v) is 4.62. The van der Waals surface area contributed by atoms with Gasteiger partial charge in [0.15, 0.2) is 0 Å². The second kappa shape index (κ2) is 6.93. The highest BCUT2D eigenvalue weighted by atomic mass is 16.3. The molecule has 0 radical (unpaired) electrons. The van der Waals surface area contributed by atoms with Crippen molar-refractivity contribution in [2.24, 2.45) is 0 Å². The standard InChI is InChI=1S/C21H30N4O2/c1-13-5-6-14(2)19-18(13)15(3)20(22-19)21(27)25-11-16(17(26)12-25)24-9-7-23(4)8-10-24/h5-6,16-17,22,26H,7-12H2,1-4H3/t16-,17-/m1/s1. The number of rotatable bonds is 2. The molecule has 1 aromatic heterocycles. The van der Waals surface area contributed by atoms with Gasteiger partial charge in [0.25, 0.3) is 5.91 Å². The maximum Gasteiger partial charge on any atom is 0.270 e. The largest absolute Gasteiger partial charge is 0.390 e. The Labute approximate surface area is 160 Å². The Balaban J connectivity index is 1.57. The first-order valence-electron chi connectivity index (χ1n) is 9.85. The summed E-state index contributed by atoms with van der Waals surface area (Å²) in [6.07, 6.45) is -0.481. The monoisotopic (exact) mass is 370 g/mol. The van der Waals surface area contributed by atoms with Crippen LogP contribution in [0, 0.1) is 20.8 Å². The van der Waals surface area contributed by atoms with E-state index in [2.05, 4.69) is 47.8 Å². The Morgan fingerprint density at radius 1 is 1.07 bits per heavy atom. The molecule has 2 fully saturated rings. The lowest BCUT2D eigenvalue weighted by Gasteiger charge is -2.37. The van der Waals surface area contributed by atoms with Gasteiger partial charge in [0.1, 0.15) is 5.69 Å². The molecule has 2 saturated heterocycles.